The lowest BCUT2D eigenvalue weighted by molar-refractivity contribution is 0.460. The highest BCUT2D eigenvalue weighted by molar-refractivity contribution is 9.11. The van der Waals surface area contributed by atoms with E-state index in [0.29, 0.717) is 16.8 Å². The molecule has 0 aliphatic heterocycles. The fraction of sp³-hybridized carbons (Fsp3) is 0. The molecule has 0 fully saturated rings. The Morgan fingerprint density at radius 2 is 1.94 bits per heavy atom. The molecule has 2 rings (SSSR count). The Hall–Kier alpha value is -0.580. The predicted molar refractivity (Wildman–Crippen MR) is 71.2 cm³/mol. The van der Waals surface area contributed by atoms with E-state index in [2.05, 4.69) is 36.8 Å². The zero-order valence-electron chi connectivity index (χ0n) is 7.95. The predicted octanol–water partition coefficient (Wildman–Crippen LogP) is 5.05. The molecular weight excluding hydrogens is 357 g/mol. The van der Waals surface area contributed by atoms with Gasteiger partial charge in [-0.1, -0.05) is 33.6 Å². The monoisotopic (exact) mass is 361 g/mol. The number of hydrogen-bond donors (Lipinski definition) is 0. The lowest BCUT2D eigenvalue weighted by Crippen LogP contribution is -1.88. The first-order chi connectivity index (χ1) is 7.65. The summed E-state index contributed by atoms with van der Waals surface area (Å²) in [5, 5.41) is 0.408. The van der Waals surface area contributed by atoms with Crippen LogP contribution < -0.4 is 4.74 Å². The summed E-state index contributed by atoms with van der Waals surface area (Å²) < 4.78 is 7.41. The smallest absolute Gasteiger partial charge is 0.220 e. The molecule has 0 atom stereocenters. The van der Waals surface area contributed by atoms with Crippen LogP contribution in [0.3, 0.4) is 0 Å². The normalized spacial score (nSPS) is 10.2. The Balaban J connectivity index is 2.27. The van der Waals surface area contributed by atoms with Crippen molar-refractivity contribution >= 4 is 43.5 Å². The van der Waals surface area contributed by atoms with Gasteiger partial charge in [-0.2, -0.15) is 0 Å². The molecule has 0 amide bonds. The van der Waals surface area contributed by atoms with Crippen molar-refractivity contribution in [3.05, 3.63) is 50.5 Å². The summed E-state index contributed by atoms with van der Waals surface area (Å²) in [6.45, 7) is 0. The Labute approximate surface area is 115 Å². The lowest BCUT2D eigenvalue weighted by Gasteiger charge is -2.06. The van der Waals surface area contributed by atoms with Crippen LogP contribution in [0.25, 0.3) is 0 Å². The van der Waals surface area contributed by atoms with E-state index in [9.17, 15) is 0 Å². The first-order valence-electron chi connectivity index (χ1n) is 4.40. The molecule has 1 aromatic carbocycles. The summed E-state index contributed by atoms with van der Waals surface area (Å²) in [6.07, 6.45) is 0. The summed E-state index contributed by atoms with van der Waals surface area (Å²) >= 11 is 12.5. The van der Waals surface area contributed by atoms with Crippen LogP contribution in [0.5, 0.6) is 11.6 Å². The summed E-state index contributed by atoms with van der Waals surface area (Å²) in [5.74, 6) is 1.16. The van der Waals surface area contributed by atoms with Crippen molar-refractivity contribution in [3.8, 4) is 11.6 Å². The molecule has 0 N–H and O–H groups in total. The Morgan fingerprint density at radius 1 is 1.12 bits per heavy atom. The molecule has 1 heterocycles. The van der Waals surface area contributed by atoms with Gasteiger partial charge in [-0.25, -0.2) is 4.98 Å². The third-order valence-corrected chi connectivity index (χ3v) is 3.12. The zero-order chi connectivity index (χ0) is 11.5. The second kappa shape index (κ2) is 5.17. The lowest BCUT2D eigenvalue weighted by atomic mass is 10.3. The number of aromatic nitrogens is 1. The van der Waals surface area contributed by atoms with Crippen LogP contribution in [-0.2, 0) is 0 Å². The summed E-state index contributed by atoms with van der Waals surface area (Å²) in [7, 11) is 0. The van der Waals surface area contributed by atoms with E-state index in [4.69, 9.17) is 16.3 Å². The van der Waals surface area contributed by atoms with E-state index < -0.39 is 0 Å². The minimum atomic E-state index is 0.408. The highest BCUT2D eigenvalue weighted by Gasteiger charge is 2.04. The molecule has 0 unspecified atom stereocenters. The number of pyridine rings is 1. The summed E-state index contributed by atoms with van der Waals surface area (Å²) in [4.78, 5) is 4.04. The van der Waals surface area contributed by atoms with Crippen molar-refractivity contribution in [1.29, 1.82) is 0 Å². The maximum absolute atomic E-state index is 5.77. The van der Waals surface area contributed by atoms with E-state index in [0.717, 1.165) is 8.95 Å². The Kier molecular flexibility index (Phi) is 3.84. The fourth-order valence-electron chi connectivity index (χ4n) is 1.12. The standard InChI is InChI=1S/C11H6Br2ClNO/c12-7-4-5-9(8(13)6-7)16-11-3-1-2-10(14)15-11/h1-6H. The molecule has 0 aliphatic carbocycles. The van der Waals surface area contributed by atoms with Crippen molar-refractivity contribution in [3.63, 3.8) is 0 Å². The van der Waals surface area contributed by atoms with Crippen LogP contribution in [0.2, 0.25) is 5.15 Å². The number of hydrogen-bond acceptors (Lipinski definition) is 2. The number of halogens is 3. The van der Waals surface area contributed by atoms with E-state index in [-0.39, 0.29) is 0 Å². The van der Waals surface area contributed by atoms with E-state index in [1.807, 2.05) is 18.2 Å². The first-order valence-corrected chi connectivity index (χ1v) is 6.37. The van der Waals surface area contributed by atoms with Crippen molar-refractivity contribution in [2.45, 2.75) is 0 Å². The van der Waals surface area contributed by atoms with Gasteiger partial charge in [0.05, 0.1) is 4.47 Å². The summed E-state index contributed by atoms with van der Waals surface area (Å²) in [5.41, 5.74) is 0. The van der Waals surface area contributed by atoms with Crippen molar-refractivity contribution in [1.82, 2.24) is 4.98 Å². The van der Waals surface area contributed by atoms with Gasteiger partial charge in [-0.15, -0.1) is 0 Å². The average molecular weight is 363 g/mol. The number of ether oxygens (including phenoxy) is 1. The zero-order valence-corrected chi connectivity index (χ0v) is 11.9. The fourth-order valence-corrected chi connectivity index (χ4v) is 2.40. The van der Waals surface area contributed by atoms with Gasteiger partial charge in [-0.3, -0.25) is 0 Å². The molecule has 0 saturated carbocycles. The van der Waals surface area contributed by atoms with E-state index in [1.54, 1.807) is 18.2 Å². The second-order valence-corrected chi connectivity index (χ2v) is 5.13. The average Bonchev–Trinajstić information content (AvgIpc) is 2.22. The van der Waals surface area contributed by atoms with Gasteiger partial charge < -0.3 is 4.74 Å². The van der Waals surface area contributed by atoms with Crippen molar-refractivity contribution in [2.24, 2.45) is 0 Å². The van der Waals surface area contributed by atoms with E-state index in [1.165, 1.54) is 0 Å². The third kappa shape index (κ3) is 2.97. The highest BCUT2D eigenvalue weighted by Crippen LogP contribution is 2.31. The molecule has 1 aromatic heterocycles. The molecule has 2 aromatic rings. The summed E-state index contributed by atoms with van der Waals surface area (Å²) in [6, 6.07) is 10.9. The van der Waals surface area contributed by atoms with Crippen LogP contribution in [0.1, 0.15) is 0 Å². The molecule has 16 heavy (non-hydrogen) atoms. The van der Waals surface area contributed by atoms with Gasteiger partial charge in [0.1, 0.15) is 10.9 Å². The van der Waals surface area contributed by atoms with Crippen LogP contribution >= 0.6 is 43.5 Å². The number of rotatable bonds is 2. The molecule has 0 spiro atoms. The maximum Gasteiger partial charge on any atom is 0.220 e. The van der Waals surface area contributed by atoms with Gasteiger partial charge in [0, 0.05) is 10.5 Å². The number of nitrogens with zero attached hydrogens (tertiary/aromatic N) is 1. The van der Waals surface area contributed by atoms with Crippen LogP contribution in [0.15, 0.2) is 45.3 Å². The van der Waals surface area contributed by atoms with Gasteiger partial charge in [0.2, 0.25) is 5.88 Å². The quantitative estimate of drug-likeness (QED) is 0.697. The first kappa shape index (κ1) is 11.9. The second-order valence-electron chi connectivity index (χ2n) is 2.98. The molecule has 82 valence electrons. The Morgan fingerprint density at radius 3 is 2.62 bits per heavy atom. The van der Waals surface area contributed by atoms with Crippen molar-refractivity contribution < 1.29 is 4.74 Å². The van der Waals surface area contributed by atoms with Gasteiger partial charge in [0.25, 0.3) is 0 Å². The molecular formula is C11H6Br2ClNO. The van der Waals surface area contributed by atoms with Crippen molar-refractivity contribution in [2.75, 3.05) is 0 Å². The molecule has 0 radical (unpaired) electrons. The molecule has 0 aliphatic rings. The maximum atomic E-state index is 5.77. The highest BCUT2D eigenvalue weighted by atomic mass is 79.9. The van der Waals surface area contributed by atoms with Crippen LogP contribution in [0, 0.1) is 0 Å². The van der Waals surface area contributed by atoms with Gasteiger partial charge >= 0.3 is 0 Å². The van der Waals surface area contributed by atoms with Gasteiger partial charge in [-0.05, 0) is 40.2 Å². The molecule has 2 nitrogen and oxygen atoms in total. The van der Waals surface area contributed by atoms with E-state index >= 15 is 0 Å². The number of benzene rings is 1. The minimum Gasteiger partial charge on any atom is -0.438 e. The van der Waals surface area contributed by atoms with Gasteiger partial charge in [0.15, 0.2) is 0 Å². The third-order valence-electron chi connectivity index (χ3n) is 1.80. The topological polar surface area (TPSA) is 22.1 Å². The van der Waals surface area contributed by atoms with Crippen LogP contribution in [-0.4, -0.2) is 4.98 Å². The molecule has 0 saturated heterocycles. The molecule has 0 bridgehead atoms. The Bertz CT molecular complexity index is 519. The molecule has 5 heteroatoms. The van der Waals surface area contributed by atoms with Crippen LogP contribution in [0.4, 0.5) is 0 Å². The minimum absolute atomic E-state index is 0.408. The largest absolute Gasteiger partial charge is 0.438 e. The SMILES string of the molecule is Clc1cccc(Oc2ccc(Br)cc2Br)n1.